The second-order valence-corrected chi connectivity index (χ2v) is 9.31. The minimum Gasteiger partial charge on any atom is -0.375 e. The van der Waals surface area contributed by atoms with Crippen LogP contribution in [0.15, 0.2) is 40.5 Å². The molecule has 1 fully saturated rings. The molecule has 2 aromatic heterocycles. The molecule has 0 unspecified atom stereocenters. The number of benzene rings is 1. The summed E-state index contributed by atoms with van der Waals surface area (Å²) in [7, 11) is 0. The Labute approximate surface area is 177 Å². The number of carbonyl (C=O) groups is 1. The van der Waals surface area contributed by atoms with Gasteiger partial charge in [-0.3, -0.25) is 9.59 Å². The van der Waals surface area contributed by atoms with Crippen molar-refractivity contribution in [1.29, 1.82) is 0 Å². The zero-order chi connectivity index (χ0) is 20.4. The number of carbonyl (C=O) groups excluding carboxylic acids is 1. The Morgan fingerprint density at radius 2 is 2.21 bits per heavy atom. The van der Waals surface area contributed by atoms with Gasteiger partial charge in [-0.15, -0.1) is 23.1 Å². The highest BCUT2D eigenvalue weighted by Gasteiger charge is 2.25. The number of nitrogens with one attached hydrogen (secondary N) is 1. The summed E-state index contributed by atoms with van der Waals surface area (Å²) in [5.74, 6) is 1.19. The van der Waals surface area contributed by atoms with E-state index in [1.54, 1.807) is 0 Å². The van der Waals surface area contributed by atoms with Crippen molar-refractivity contribution in [1.82, 2.24) is 14.9 Å². The summed E-state index contributed by atoms with van der Waals surface area (Å²) in [5.41, 5.74) is 1.78. The van der Waals surface area contributed by atoms with Crippen molar-refractivity contribution in [3.63, 3.8) is 0 Å². The lowest BCUT2D eigenvalue weighted by atomic mass is 10.1. The molecular formula is C21H23N3O3S2. The van der Waals surface area contributed by atoms with E-state index in [4.69, 9.17) is 4.74 Å². The molecule has 6 nitrogen and oxygen atoms in total. The number of thioether (sulfide) groups is 1. The Bertz CT molecular complexity index is 1060. The monoisotopic (exact) mass is 429 g/mol. The van der Waals surface area contributed by atoms with Gasteiger partial charge < -0.3 is 14.6 Å². The van der Waals surface area contributed by atoms with Gasteiger partial charge in [-0.2, -0.15) is 0 Å². The number of thiophene rings is 1. The predicted molar refractivity (Wildman–Crippen MR) is 118 cm³/mol. The lowest BCUT2D eigenvalue weighted by Crippen LogP contribution is -2.47. The molecule has 29 heavy (non-hydrogen) atoms. The average molecular weight is 430 g/mol. The number of amides is 1. The van der Waals surface area contributed by atoms with Gasteiger partial charge in [-0.1, -0.05) is 30.3 Å². The van der Waals surface area contributed by atoms with Crippen LogP contribution in [0.1, 0.15) is 19.7 Å². The molecule has 1 aliphatic heterocycles. The number of ether oxygens (including phenoxy) is 1. The van der Waals surface area contributed by atoms with Gasteiger partial charge in [0.15, 0.2) is 0 Å². The Balaban J connectivity index is 1.48. The summed E-state index contributed by atoms with van der Waals surface area (Å²) in [6, 6.07) is 9.85. The van der Waals surface area contributed by atoms with E-state index in [1.807, 2.05) is 54.5 Å². The van der Waals surface area contributed by atoms with E-state index in [0.29, 0.717) is 36.7 Å². The van der Waals surface area contributed by atoms with Crippen LogP contribution in [0.25, 0.3) is 21.3 Å². The minimum absolute atomic E-state index is 0.0722. The van der Waals surface area contributed by atoms with Gasteiger partial charge in [0.2, 0.25) is 5.91 Å². The maximum Gasteiger partial charge on any atom is 0.260 e. The van der Waals surface area contributed by atoms with Gasteiger partial charge in [-0.25, -0.2) is 4.98 Å². The first-order valence-corrected chi connectivity index (χ1v) is 11.5. The fourth-order valence-electron chi connectivity index (χ4n) is 3.44. The van der Waals surface area contributed by atoms with E-state index in [9.17, 15) is 9.59 Å². The summed E-state index contributed by atoms with van der Waals surface area (Å²) >= 11 is 2.96. The summed E-state index contributed by atoms with van der Waals surface area (Å²) in [5, 5.41) is 2.40. The summed E-state index contributed by atoms with van der Waals surface area (Å²) in [6.45, 7) is 5.72. The predicted octanol–water partition coefficient (Wildman–Crippen LogP) is 3.52. The smallest absolute Gasteiger partial charge is 0.260 e. The Morgan fingerprint density at radius 1 is 1.41 bits per heavy atom. The van der Waals surface area contributed by atoms with E-state index in [0.717, 1.165) is 16.0 Å². The standard InChI is InChI=1S/C21H23N3O3S2/c1-13-10-24(8-9-27-13)21(26)14(2)28-12-17-22-19(25)18-16(11-29-20(18)23-17)15-6-4-3-5-7-15/h3-7,11,13-14H,8-10,12H2,1-2H3,(H,22,23,25)/t13-,14+/m1/s1. The third-order valence-corrected chi connectivity index (χ3v) is 6.96. The first-order chi connectivity index (χ1) is 14.0. The van der Waals surface area contributed by atoms with E-state index >= 15 is 0 Å². The second kappa shape index (κ2) is 8.69. The second-order valence-electron chi connectivity index (χ2n) is 7.13. The van der Waals surface area contributed by atoms with Crippen LogP contribution in [0, 0.1) is 0 Å². The molecule has 0 spiro atoms. The molecule has 1 N–H and O–H groups in total. The Kier molecular flexibility index (Phi) is 6.03. The highest BCUT2D eigenvalue weighted by Crippen LogP contribution is 2.31. The van der Waals surface area contributed by atoms with Crippen LogP contribution >= 0.6 is 23.1 Å². The molecule has 0 bridgehead atoms. The van der Waals surface area contributed by atoms with E-state index in [2.05, 4.69) is 9.97 Å². The zero-order valence-corrected chi connectivity index (χ0v) is 18.0. The van der Waals surface area contributed by atoms with Crippen LogP contribution < -0.4 is 5.56 Å². The first kappa shape index (κ1) is 20.1. The SMILES string of the molecule is C[C@@H]1CN(C(=O)[C@H](C)SCc2nc3scc(-c4ccccc4)c3c(=O)[nH]2)CCO1. The molecule has 152 valence electrons. The van der Waals surface area contributed by atoms with E-state index < -0.39 is 0 Å². The third kappa shape index (κ3) is 4.39. The maximum atomic E-state index is 12.7. The minimum atomic E-state index is -0.204. The van der Waals surface area contributed by atoms with Crippen molar-refractivity contribution in [3.05, 3.63) is 51.9 Å². The number of aromatic nitrogens is 2. The fraction of sp³-hybridized carbons (Fsp3) is 0.381. The van der Waals surface area contributed by atoms with Crippen LogP contribution in [0.5, 0.6) is 0 Å². The molecule has 1 saturated heterocycles. The average Bonchev–Trinajstić information content (AvgIpc) is 3.17. The molecule has 3 aromatic rings. The van der Waals surface area contributed by atoms with Gasteiger partial charge in [0, 0.05) is 24.0 Å². The van der Waals surface area contributed by atoms with Crippen LogP contribution in [-0.2, 0) is 15.3 Å². The molecule has 1 aromatic carbocycles. The van der Waals surface area contributed by atoms with Crippen LogP contribution in [0.2, 0.25) is 0 Å². The maximum absolute atomic E-state index is 12.7. The number of hydrogen-bond acceptors (Lipinski definition) is 6. The van der Waals surface area contributed by atoms with Crippen molar-refractivity contribution < 1.29 is 9.53 Å². The van der Waals surface area contributed by atoms with Gasteiger partial charge >= 0.3 is 0 Å². The van der Waals surface area contributed by atoms with E-state index in [1.165, 1.54) is 23.1 Å². The number of aromatic amines is 1. The van der Waals surface area contributed by atoms with Gasteiger partial charge in [0.1, 0.15) is 10.7 Å². The third-order valence-electron chi connectivity index (χ3n) is 4.95. The number of rotatable bonds is 5. The van der Waals surface area contributed by atoms with Crippen LogP contribution in [0.4, 0.5) is 0 Å². The summed E-state index contributed by atoms with van der Waals surface area (Å²) in [4.78, 5) is 35.5. The topological polar surface area (TPSA) is 75.3 Å². The molecular weight excluding hydrogens is 406 g/mol. The number of fused-ring (bicyclic) bond motifs is 1. The van der Waals surface area contributed by atoms with E-state index in [-0.39, 0.29) is 22.8 Å². The molecule has 1 amide bonds. The highest BCUT2D eigenvalue weighted by atomic mass is 32.2. The number of nitrogens with zero attached hydrogens (tertiary/aromatic N) is 2. The number of H-pyrrole nitrogens is 1. The molecule has 0 saturated carbocycles. The normalized spacial score (nSPS) is 18.1. The highest BCUT2D eigenvalue weighted by molar-refractivity contribution is 7.99. The lowest BCUT2D eigenvalue weighted by Gasteiger charge is -2.32. The summed E-state index contributed by atoms with van der Waals surface area (Å²) in [6.07, 6.45) is 0.0722. The quantitative estimate of drug-likeness (QED) is 0.672. The van der Waals surface area contributed by atoms with Crippen LogP contribution in [-0.4, -0.2) is 51.8 Å². The van der Waals surface area contributed by atoms with Crippen molar-refractivity contribution in [3.8, 4) is 11.1 Å². The number of morpholine rings is 1. The Morgan fingerprint density at radius 3 is 2.97 bits per heavy atom. The molecule has 4 rings (SSSR count). The molecule has 1 aliphatic rings. The fourth-order valence-corrected chi connectivity index (χ4v) is 5.25. The van der Waals surface area contributed by atoms with Crippen molar-refractivity contribution in [2.45, 2.75) is 31.0 Å². The van der Waals surface area contributed by atoms with Crippen molar-refractivity contribution >= 4 is 39.2 Å². The molecule has 8 heteroatoms. The molecule has 3 heterocycles. The largest absolute Gasteiger partial charge is 0.375 e. The zero-order valence-electron chi connectivity index (χ0n) is 16.4. The number of hydrogen-bond donors (Lipinski definition) is 1. The molecule has 2 atom stereocenters. The summed E-state index contributed by atoms with van der Waals surface area (Å²) < 4.78 is 5.51. The van der Waals surface area contributed by atoms with Crippen molar-refractivity contribution in [2.24, 2.45) is 0 Å². The van der Waals surface area contributed by atoms with Crippen molar-refractivity contribution in [2.75, 3.05) is 19.7 Å². The molecule has 0 aliphatic carbocycles. The molecule has 0 radical (unpaired) electrons. The van der Waals surface area contributed by atoms with Gasteiger partial charge in [0.25, 0.3) is 5.56 Å². The lowest BCUT2D eigenvalue weighted by molar-refractivity contribution is -0.137. The first-order valence-electron chi connectivity index (χ1n) is 9.60. The van der Waals surface area contributed by atoms with Gasteiger partial charge in [-0.05, 0) is 19.4 Å². The Hall–Kier alpha value is -2.16. The van der Waals surface area contributed by atoms with Crippen LogP contribution in [0.3, 0.4) is 0 Å². The van der Waals surface area contributed by atoms with Gasteiger partial charge in [0.05, 0.1) is 29.1 Å².